The minimum Gasteiger partial charge on any atom is -0.488 e. The maximum Gasteiger partial charge on any atom is 0.174 e. The van der Waals surface area contributed by atoms with Gasteiger partial charge in [0.15, 0.2) is 5.60 Å². The number of piperidine rings is 1. The highest BCUT2D eigenvalue weighted by molar-refractivity contribution is 7.09. The number of benzene rings is 1. The highest BCUT2D eigenvalue weighted by Gasteiger charge is 2.23. The zero-order valence-electron chi connectivity index (χ0n) is 19.2. The van der Waals surface area contributed by atoms with Crippen LogP contribution in [0.4, 0.5) is 11.4 Å². The summed E-state index contributed by atoms with van der Waals surface area (Å²) in [5.74, 6) is 6.86. The number of anilines is 2. The van der Waals surface area contributed by atoms with E-state index >= 15 is 0 Å². The molecule has 3 N–H and O–H groups in total. The van der Waals surface area contributed by atoms with Gasteiger partial charge >= 0.3 is 0 Å². The van der Waals surface area contributed by atoms with Crippen LogP contribution in [0.3, 0.4) is 0 Å². The summed E-state index contributed by atoms with van der Waals surface area (Å²) in [6.07, 6.45) is 7.47. The predicted octanol–water partition coefficient (Wildman–Crippen LogP) is 4.50. The quantitative estimate of drug-likeness (QED) is 0.370. The lowest BCUT2D eigenvalue weighted by atomic mass is 10.1. The number of aromatic amines is 1. The van der Waals surface area contributed by atoms with Crippen molar-refractivity contribution < 1.29 is 9.84 Å². The molecular weight excluding hydrogens is 446 g/mol. The van der Waals surface area contributed by atoms with E-state index in [0.717, 1.165) is 59.7 Å². The van der Waals surface area contributed by atoms with Gasteiger partial charge in [-0.05, 0) is 57.1 Å². The first-order valence-corrected chi connectivity index (χ1v) is 12.2. The molecule has 0 radical (unpaired) electrons. The van der Waals surface area contributed by atoms with Gasteiger partial charge in [0.05, 0.1) is 11.4 Å². The summed E-state index contributed by atoms with van der Waals surface area (Å²) >= 11 is 1.39. The van der Waals surface area contributed by atoms with E-state index in [1.165, 1.54) is 11.3 Å². The number of hydrogen-bond donors (Lipinski definition) is 3. The van der Waals surface area contributed by atoms with Gasteiger partial charge in [-0.2, -0.15) is 0 Å². The summed E-state index contributed by atoms with van der Waals surface area (Å²) < 4.78 is 6.44. The molecule has 0 amide bonds. The van der Waals surface area contributed by atoms with Crippen LogP contribution in [0.2, 0.25) is 0 Å². The Hall–Kier alpha value is -3.38. The standard InChI is InChI=1S/C26H27N5O2S/c1-26(32,25-29-13-16-34-25)10-5-18-3-4-23(33-19-8-14-31(2)15-9-19)22(17-18)30-21-7-12-28-24-20(21)6-11-27-24/h3-4,6-7,11-13,16-17,19,32H,8-9,14-15H2,1-2H3,(H2,27,28,30). The number of ether oxygens (including phenoxy) is 1. The maximum absolute atomic E-state index is 10.7. The average molecular weight is 474 g/mol. The molecule has 1 saturated heterocycles. The molecule has 0 saturated carbocycles. The molecular formula is C26H27N5O2S. The van der Waals surface area contributed by atoms with Gasteiger partial charge in [0, 0.05) is 48.0 Å². The summed E-state index contributed by atoms with van der Waals surface area (Å²) in [4.78, 5) is 14.1. The number of nitrogens with zero attached hydrogens (tertiary/aromatic N) is 3. The Bertz CT molecular complexity index is 1330. The van der Waals surface area contributed by atoms with Gasteiger partial charge in [-0.3, -0.25) is 0 Å². The Kier molecular flexibility index (Phi) is 6.24. The summed E-state index contributed by atoms with van der Waals surface area (Å²) in [7, 11) is 2.14. The Morgan fingerprint density at radius 3 is 2.82 bits per heavy atom. The highest BCUT2D eigenvalue weighted by Crippen LogP contribution is 2.33. The van der Waals surface area contributed by atoms with Crippen LogP contribution in [0.15, 0.2) is 54.3 Å². The van der Waals surface area contributed by atoms with Crippen molar-refractivity contribution in [3.63, 3.8) is 0 Å². The third kappa shape index (κ3) is 4.92. The molecule has 5 rings (SSSR count). The van der Waals surface area contributed by atoms with Crippen LogP contribution in [0, 0.1) is 11.8 Å². The van der Waals surface area contributed by atoms with E-state index in [-0.39, 0.29) is 6.10 Å². The number of nitrogens with one attached hydrogen (secondary N) is 2. The fourth-order valence-electron chi connectivity index (χ4n) is 4.02. The molecule has 0 bridgehead atoms. The molecule has 3 aromatic heterocycles. The predicted molar refractivity (Wildman–Crippen MR) is 136 cm³/mol. The summed E-state index contributed by atoms with van der Waals surface area (Å²) in [6, 6.07) is 9.80. The molecule has 1 aliphatic rings. The van der Waals surface area contributed by atoms with Gasteiger partial charge in [-0.25, -0.2) is 9.97 Å². The zero-order chi connectivity index (χ0) is 23.5. The van der Waals surface area contributed by atoms with Gasteiger partial charge in [-0.15, -0.1) is 11.3 Å². The molecule has 1 atom stereocenters. The van der Waals surface area contributed by atoms with Crippen LogP contribution >= 0.6 is 11.3 Å². The first-order valence-electron chi connectivity index (χ1n) is 11.3. The van der Waals surface area contributed by atoms with E-state index in [1.807, 2.05) is 41.9 Å². The van der Waals surface area contributed by atoms with Gasteiger partial charge in [-0.1, -0.05) is 11.8 Å². The normalized spacial score (nSPS) is 16.6. The Balaban J connectivity index is 1.47. The van der Waals surface area contributed by atoms with Crippen LogP contribution in [-0.2, 0) is 5.60 Å². The lowest BCUT2D eigenvalue weighted by Crippen LogP contribution is -2.35. The highest BCUT2D eigenvalue weighted by atomic mass is 32.1. The number of H-pyrrole nitrogens is 1. The second-order valence-corrected chi connectivity index (χ2v) is 9.61. The number of aliphatic hydroxyl groups is 1. The fraction of sp³-hybridized carbons (Fsp3) is 0.308. The molecule has 4 heterocycles. The summed E-state index contributed by atoms with van der Waals surface area (Å²) in [5, 5.41) is 17.7. The Labute approximate surface area is 202 Å². The van der Waals surface area contributed by atoms with E-state index in [9.17, 15) is 5.11 Å². The molecule has 1 aliphatic heterocycles. The lowest BCUT2D eigenvalue weighted by Gasteiger charge is -2.30. The van der Waals surface area contributed by atoms with Crippen molar-refractivity contribution in [3.05, 3.63) is 64.9 Å². The average Bonchev–Trinajstić information content (AvgIpc) is 3.54. The molecule has 34 heavy (non-hydrogen) atoms. The number of thiazole rings is 1. The SMILES string of the molecule is CN1CCC(Oc2ccc(C#CC(C)(O)c3nccs3)cc2Nc2ccnc3[nH]ccc23)CC1. The van der Waals surface area contributed by atoms with Crippen molar-refractivity contribution in [2.75, 3.05) is 25.5 Å². The third-order valence-electron chi connectivity index (χ3n) is 5.97. The number of aromatic nitrogens is 3. The lowest BCUT2D eigenvalue weighted by molar-refractivity contribution is 0.115. The van der Waals surface area contributed by atoms with E-state index in [2.05, 4.69) is 44.1 Å². The van der Waals surface area contributed by atoms with Crippen LogP contribution in [-0.4, -0.2) is 51.2 Å². The topological polar surface area (TPSA) is 86.3 Å². The first-order chi connectivity index (χ1) is 16.5. The van der Waals surface area contributed by atoms with Crippen LogP contribution in [0.5, 0.6) is 5.75 Å². The van der Waals surface area contributed by atoms with Gasteiger partial charge in [0.25, 0.3) is 0 Å². The Morgan fingerprint density at radius 2 is 2.03 bits per heavy atom. The van der Waals surface area contributed by atoms with E-state index < -0.39 is 5.60 Å². The van der Waals surface area contributed by atoms with Crippen molar-refractivity contribution in [1.29, 1.82) is 0 Å². The molecule has 0 spiro atoms. The monoisotopic (exact) mass is 473 g/mol. The zero-order valence-corrected chi connectivity index (χ0v) is 20.0. The van der Waals surface area contributed by atoms with Crippen molar-refractivity contribution in [3.8, 4) is 17.6 Å². The largest absolute Gasteiger partial charge is 0.488 e. The molecule has 1 aromatic carbocycles. The molecule has 174 valence electrons. The second-order valence-electron chi connectivity index (χ2n) is 8.71. The van der Waals surface area contributed by atoms with E-state index in [4.69, 9.17) is 4.74 Å². The number of pyridine rings is 1. The third-order valence-corrected chi connectivity index (χ3v) is 6.95. The second kappa shape index (κ2) is 9.47. The van der Waals surface area contributed by atoms with E-state index in [1.54, 1.807) is 19.3 Å². The van der Waals surface area contributed by atoms with E-state index in [0.29, 0.717) is 5.01 Å². The number of likely N-dealkylation sites (tertiary alicyclic amines) is 1. The van der Waals surface area contributed by atoms with Crippen molar-refractivity contribution in [2.24, 2.45) is 0 Å². The van der Waals surface area contributed by atoms with Crippen molar-refractivity contribution >= 4 is 33.7 Å². The maximum atomic E-state index is 10.7. The molecule has 7 nitrogen and oxygen atoms in total. The van der Waals surface area contributed by atoms with Gasteiger partial charge in [0.2, 0.25) is 0 Å². The fourth-order valence-corrected chi connectivity index (χ4v) is 4.67. The van der Waals surface area contributed by atoms with Crippen LogP contribution in [0.25, 0.3) is 11.0 Å². The number of fused-ring (bicyclic) bond motifs is 1. The first kappa shape index (κ1) is 22.4. The molecule has 8 heteroatoms. The van der Waals surface area contributed by atoms with Gasteiger partial charge in [0.1, 0.15) is 22.5 Å². The summed E-state index contributed by atoms with van der Waals surface area (Å²) in [5.41, 5.74) is 2.04. The van der Waals surface area contributed by atoms with Crippen LogP contribution in [0.1, 0.15) is 30.3 Å². The van der Waals surface area contributed by atoms with Crippen molar-refractivity contribution in [2.45, 2.75) is 31.5 Å². The molecule has 0 aliphatic carbocycles. The van der Waals surface area contributed by atoms with Crippen molar-refractivity contribution in [1.82, 2.24) is 19.9 Å². The molecule has 1 unspecified atom stereocenters. The minimum absolute atomic E-state index is 0.170. The van der Waals surface area contributed by atoms with Crippen LogP contribution < -0.4 is 10.1 Å². The minimum atomic E-state index is -1.31. The smallest absolute Gasteiger partial charge is 0.174 e. The molecule has 4 aromatic rings. The van der Waals surface area contributed by atoms with Gasteiger partial charge < -0.3 is 25.0 Å². The molecule has 1 fully saturated rings. The summed E-state index contributed by atoms with van der Waals surface area (Å²) in [6.45, 7) is 3.71. The Morgan fingerprint density at radius 1 is 1.18 bits per heavy atom. The number of rotatable bonds is 5. The number of hydrogen-bond acceptors (Lipinski definition) is 7.